The van der Waals surface area contributed by atoms with Crippen molar-refractivity contribution in [3.8, 4) is 5.75 Å². The van der Waals surface area contributed by atoms with Crippen LogP contribution < -0.4 is 4.74 Å². The number of benzene rings is 1. The molecule has 0 unspecified atom stereocenters. The quantitative estimate of drug-likeness (QED) is 0.837. The normalized spacial score (nSPS) is 25.0. The Kier molecular flexibility index (Phi) is 5.21. The summed E-state index contributed by atoms with van der Waals surface area (Å²) in [5, 5.41) is 0. The highest BCUT2D eigenvalue weighted by Crippen LogP contribution is 2.30. The molecular formula is C19H28N2O2. The largest absolute Gasteiger partial charge is 0.497 e. The van der Waals surface area contributed by atoms with Crippen LogP contribution in [0, 0.1) is 0 Å². The molecule has 0 radical (unpaired) electrons. The zero-order chi connectivity index (χ0) is 16.2. The topological polar surface area (TPSA) is 32.8 Å². The van der Waals surface area contributed by atoms with E-state index in [2.05, 4.69) is 16.7 Å². The van der Waals surface area contributed by atoms with Gasteiger partial charge in [0.05, 0.1) is 13.5 Å². The Labute approximate surface area is 139 Å². The van der Waals surface area contributed by atoms with E-state index in [0.29, 0.717) is 18.5 Å². The predicted molar refractivity (Wildman–Crippen MR) is 91.7 cm³/mol. The molecule has 4 nitrogen and oxygen atoms in total. The SMILES string of the molecule is CCN1CCC[C@@H]1[C@@H]1CCCN1C(=O)Cc1cccc(OC)c1. The van der Waals surface area contributed by atoms with Crippen LogP contribution in [0.3, 0.4) is 0 Å². The zero-order valence-corrected chi connectivity index (χ0v) is 14.3. The Bertz CT molecular complexity index is 546. The van der Waals surface area contributed by atoms with Crippen molar-refractivity contribution >= 4 is 5.91 Å². The first-order valence-electron chi connectivity index (χ1n) is 8.89. The molecule has 2 heterocycles. The van der Waals surface area contributed by atoms with E-state index >= 15 is 0 Å². The van der Waals surface area contributed by atoms with E-state index in [9.17, 15) is 4.79 Å². The van der Waals surface area contributed by atoms with Gasteiger partial charge in [0.1, 0.15) is 5.75 Å². The van der Waals surface area contributed by atoms with Crippen molar-refractivity contribution in [2.24, 2.45) is 0 Å². The van der Waals surface area contributed by atoms with Gasteiger partial charge in [-0.3, -0.25) is 9.69 Å². The third-order valence-electron chi connectivity index (χ3n) is 5.37. The first kappa shape index (κ1) is 16.3. The van der Waals surface area contributed by atoms with Gasteiger partial charge in [0.15, 0.2) is 0 Å². The van der Waals surface area contributed by atoms with Crippen molar-refractivity contribution in [3.63, 3.8) is 0 Å². The molecule has 2 atom stereocenters. The van der Waals surface area contributed by atoms with Crippen molar-refractivity contribution in [2.75, 3.05) is 26.7 Å². The molecule has 0 aliphatic carbocycles. The highest BCUT2D eigenvalue weighted by molar-refractivity contribution is 5.79. The standard InChI is InChI=1S/C19H28N2O2/c1-3-20-11-5-9-17(20)18-10-6-12-21(18)19(22)14-15-7-4-8-16(13-15)23-2/h4,7-8,13,17-18H,3,5-6,9-12,14H2,1-2H3/t17-,18+/m1/s1. The molecule has 2 fully saturated rings. The minimum Gasteiger partial charge on any atom is -0.497 e. The summed E-state index contributed by atoms with van der Waals surface area (Å²) < 4.78 is 5.26. The average molecular weight is 316 g/mol. The molecule has 0 bridgehead atoms. The minimum absolute atomic E-state index is 0.267. The van der Waals surface area contributed by atoms with E-state index < -0.39 is 0 Å². The molecule has 0 aromatic heterocycles. The van der Waals surface area contributed by atoms with E-state index in [4.69, 9.17) is 4.74 Å². The number of hydrogen-bond acceptors (Lipinski definition) is 3. The summed E-state index contributed by atoms with van der Waals surface area (Å²) >= 11 is 0. The van der Waals surface area contributed by atoms with Gasteiger partial charge in [-0.05, 0) is 56.5 Å². The summed E-state index contributed by atoms with van der Waals surface area (Å²) in [6.45, 7) is 5.44. The molecule has 2 aliphatic heterocycles. The van der Waals surface area contributed by atoms with Crippen LogP contribution in [0.2, 0.25) is 0 Å². The zero-order valence-electron chi connectivity index (χ0n) is 14.3. The first-order valence-corrected chi connectivity index (χ1v) is 8.89. The average Bonchev–Trinajstić information content (AvgIpc) is 3.23. The summed E-state index contributed by atoms with van der Waals surface area (Å²) in [7, 11) is 1.66. The van der Waals surface area contributed by atoms with E-state index in [0.717, 1.165) is 37.2 Å². The van der Waals surface area contributed by atoms with E-state index in [1.165, 1.54) is 19.4 Å². The van der Waals surface area contributed by atoms with Crippen LogP contribution in [0.4, 0.5) is 0 Å². The summed E-state index contributed by atoms with van der Waals surface area (Å²) in [5.74, 6) is 1.09. The van der Waals surface area contributed by atoms with Crippen molar-refractivity contribution in [2.45, 2.75) is 51.1 Å². The third kappa shape index (κ3) is 3.52. The van der Waals surface area contributed by atoms with Crippen molar-refractivity contribution in [1.82, 2.24) is 9.80 Å². The molecule has 4 heteroatoms. The highest BCUT2D eigenvalue weighted by Gasteiger charge is 2.38. The molecule has 3 rings (SSSR count). The third-order valence-corrected chi connectivity index (χ3v) is 5.37. The van der Waals surface area contributed by atoms with Crippen LogP contribution in [-0.2, 0) is 11.2 Å². The molecule has 0 saturated carbocycles. The number of likely N-dealkylation sites (tertiary alicyclic amines) is 2. The molecule has 1 aromatic carbocycles. The van der Waals surface area contributed by atoms with E-state index in [-0.39, 0.29) is 5.91 Å². The van der Waals surface area contributed by atoms with Gasteiger partial charge in [-0.1, -0.05) is 19.1 Å². The van der Waals surface area contributed by atoms with Crippen LogP contribution in [0.5, 0.6) is 5.75 Å². The van der Waals surface area contributed by atoms with Crippen LogP contribution >= 0.6 is 0 Å². The lowest BCUT2D eigenvalue weighted by Crippen LogP contribution is -2.48. The maximum absolute atomic E-state index is 12.8. The van der Waals surface area contributed by atoms with Gasteiger partial charge in [0, 0.05) is 18.6 Å². The minimum atomic E-state index is 0.267. The Morgan fingerprint density at radius 3 is 2.78 bits per heavy atom. The van der Waals surface area contributed by atoms with Gasteiger partial charge < -0.3 is 9.64 Å². The van der Waals surface area contributed by atoms with Gasteiger partial charge in [0.25, 0.3) is 0 Å². The maximum atomic E-state index is 12.8. The number of amides is 1. The molecule has 1 amide bonds. The molecule has 126 valence electrons. The summed E-state index contributed by atoms with van der Waals surface area (Å²) in [4.78, 5) is 17.6. The fourth-order valence-electron chi connectivity index (χ4n) is 4.24. The number of rotatable bonds is 5. The second-order valence-corrected chi connectivity index (χ2v) is 6.66. The molecule has 0 N–H and O–H groups in total. The Balaban J connectivity index is 1.68. The Morgan fingerprint density at radius 1 is 1.22 bits per heavy atom. The van der Waals surface area contributed by atoms with Gasteiger partial charge in [-0.2, -0.15) is 0 Å². The fourth-order valence-corrected chi connectivity index (χ4v) is 4.24. The molecule has 2 aliphatic rings. The Morgan fingerprint density at radius 2 is 2.00 bits per heavy atom. The first-order chi connectivity index (χ1) is 11.2. The monoisotopic (exact) mass is 316 g/mol. The number of ether oxygens (including phenoxy) is 1. The lowest BCUT2D eigenvalue weighted by molar-refractivity contribution is -0.132. The number of hydrogen-bond donors (Lipinski definition) is 0. The maximum Gasteiger partial charge on any atom is 0.227 e. The summed E-state index contributed by atoms with van der Waals surface area (Å²) in [5.41, 5.74) is 1.04. The Hall–Kier alpha value is -1.55. The van der Waals surface area contributed by atoms with Gasteiger partial charge in [-0.25, -0.2) is 0 Å². The van der Waals surface area contributed by atoms with Crippen molar-refractivity contribution in [3.05, 3.63) is 29.8 Å². The molecule has 1 aromatic rings. The van der Waals surface area contributed by atoms with Crippen molar-refractivity contribution < 1.29 is 9.53 Å². The predicted octanol–water partition coefficient (Wildman–Crippen LogP) is 2.71. The van der Waals surface area contributed by atoms with Crippen molar-refractivity contribution in [1.29, 1.82) is 0 Å². The van der Waals surface area contributed by atoms with E-state index in [1.54, 1.807) is 7.11 Å². The highest BCUT2D eigenvalue weighted by atomic mass is 16.5. The summed E-state index contributed by atoms with van der Waals surface area (Å²) in [6.07, 6.45) is 5.29. The number of likely N-dealkylation sites (N-methyl/N-ethyl adjacent to an activating group) is 1. The summed E-state index contributed by atoms with van der Waals surface area (Å²) in [6, 6.07) is 8.84. The van der Waals surface area contributed by atoms with Crippen LogP contribution in [0.1, 0.15) is 38.2 Å². The van der Waals surface area contributed by atoms with Crippen LogP contribution in [0.15, 0.2) is 24.3 Å². The molecule has 0 spiro atoms. The number of carbonyl (C=O) groups excluding carboxylic acids is 1. The lowest BCUT2D eigenvalue weighted by Gasteiger charge is -2.34. The second-order valence-electron chi connectivity index (χ2n) is 6.66. The van der Waals surface area contributed by atoms with Crippen LogP contribution in [0.25, 0.3) is 0 Å². The second kappa shape index (κ2) is 7.35. The fraction of sp³-hybridized carbons (Fsp3) is 0.632. The lowest BCUT2D eigenvalue weighted by atomic mass is 10.0. The number of carbonyl (C=O) groups is 1. The van der Waals surface area contributed by atoms with Gasteiger partial charge in [-0.15, -0.1) is 0 Å². The molecular weight excluding hydrogens is 288 g/mol. The van der Waals surface area contributed by atoms with E-state index in [1.807, 2.05) is 24.3 Å². The van der Waals surface area contributed by atoms with Gasteiger partial charge >= 0.3 is 0 Å². The van der Waals surface area contributed by atoms with Gasteiger partial charge in [0.2, 0.25) is 5.91 Å². The number of methoxy groups -OCH3 is 1. The number of nitrogens with zero attached hydrogens (tertiary/aromatic N) is 2. The smallest absolute Gasteiger partial charge is 0.227 e. The molecule has 2 saturated heterocycles. The van der Waals surface area contributed by atoms with Crippen LogP contribution in [-0.4, -0.2) is 54.5 Å². The molecule has 23 heavy (non-hydrogen) atoms.